The minimum absolute atomic E-state index is 0.149. The highest BCUT2D eigenvalue weighted by atomic mass is 16.1. The van der Waals surface area contributed by atoms with Crippen molar-refractivity contribution in [3.8, 4) is 0 Å². The fraction of sp³-hybridized carbons (Fsp3) is 0.533. The lowest BCUT2D eigenvalue weighted by Gasteiger charge is -2.19. The largest absolute Gasteiger partial charge is 0.323 e. The first-order valence-electron chi connectivity index (χ1n) is 7.29. The predicted molar refractivity (Wildman–Crippen MR) is 81.0 cm³/mol. The van der Waals surface area contributed by atoms with Crippen LogP contribution in [-0.4, -0.2) is 41.0 Å². The minimum atomic E-state index is -0.149. The molecule has 20 heavy (non-hydrogen) atoms. The summed E-state index contributed by atoms with van der Waals surface area (Å²) in [5.74, 6) is 0. The van der Waals surface area contributed by atoms with E-state index in [1.54, 1.807) is 0 Å². The first-order chi connectivity index (χ1) is 9.63. The summed E-state index contributed by atoms with van der Waals surface area (Å²) in [4.78, 5) is 19.2. The van der Waals surface area contributed by atoms with Gasteiger partial charge in [0.2, 0.25) is 0 Å². The molecule has 1 aliphatic rings. The van der Waals surface area contributed by atoms with Crippen LogP contribution >= 0.6 is 0 Å². The van der Waals surface area contributed by atoms with Crippen molar-refractivity contribution in [2.75, 3.05) is 20.1 Å². The summed E-state index contributed by atoms with van der Waals surface area (Å²) in [5, 5.41) is 3.54. The normalized spacial score (nSPS) is 16.9. The van der Waals surface area contributed by atoms with Crippen molar-refractivity contribution in [1.82, 2.24) is 20.2 Å². The van der Waals surface area contributed by atoms with Crippen LogP contribution in [0.5, 0.6) is 0 Å². The maximum absolute atomic E-state index is 11.3. The molecule has 0 aliphatic heterocycles. The van der Waals surface area contributed by atoms with Gasteiger partial charge in [-0.1, -0.05) is 6.07 Å². The molecule has 1 fully saturated rings. The molecule has 0 spiro atoms. The predicted octanol–water partition coefficient (Wildman–Crippen LogP) is 1.60. The van der Waals surface area contributed by atoms with Crippen LogP contribution in [-0.2, 0) is 0 Å². The number of rotatable bonds is 6. The van der Waals surface area contributed by atoms with Gasteiger partial charge in [-0.15, -0.1) is 0 Å². The summed E-state index contributed by atoms with van der Waals surface area (Å²) in [6, 6.07) is 7.15. The molecular formula is C15H22N4O. The summed E-state index contributed by atoms with van der Waals surface area (Å²) < 4.78 is 0. The van der Waals surface area contributed by atoms with Crippen molar-refractivity contribution in [2.45, 2.75) is 31.8 Å². The zero-order chi connectivity index (χ0) is 14.1. The van der Waals surface area contributed by atoms with Crippen LogP contribution in [0.4, 0.5) is 0 Å². The highest BCUT2D eigenvalue weighted by molar-refractivity contribution is 5.75. The second-order valence-corrected chi connectivity index (χ2v) is 5.77. The third-order valence-corrected chi connectivity index (χ3v) is 4.13. The van der Waals surface area contributed by atoms with Gasteiger partial charge in [-0.05, 0) is 44.5 Å². The molecule has 1 aromatic heterocycles. The third-order valence-electron chi connectivity index (χ3n) is 4.13. The first kappa shape index (κ1) is 13.4. The lowest BCUT2D eigenvalue weighted by atomic mass is 10.1. The van der Waals surface area contributed by atoms with Gasteiger partial charge in [0.25, 0.3) is 0 Å². The van der Waals surface area contributed by atoms with Gasteiger partial charge in [0.05, 0.1) is 11.0 Å². The minimum Gasteiger partial charge on any atom is -0.309 e. The number of H-pyrrole nitrogens is 2. The summed E-state index contributed by atoms with van der Waals surface area (Å²) >= 11 is 0. The fourth-order valence-corrected chi connectivity index (χ4v) is 2.59. The van der Waals surface area contributed by atoms with Crippen LogP contribution in [0.1, 0.15) is 31.4 Å². The molecule has 0 radical (unpaired) electrons. The molecule has 3 rings (SSSR count). The van der Waals surface area contributed by atoms with E-state index in [0.717, 1.165) is 30.2 Å². The van der Waals surface area contributed by atoms with Gasteiger partial charge in [0.15, 0.2) is 0 Å². The Labute approximate surface area is 118 Å². The van der Waals surface area contributed by atoms with Crippen molar-refractivity contribution in [2.24, 2.45) is 0 Å². The van der Waals surface area contributed by atoms with E-state index in [-0.39, 0.29) is 11.7 Å². The number of aromatic amines is 2. The van der Waals surface area contributed by atoms with Crippen LogP contribution in [0, 0.1) is 0 Å². The van der Waals surface area contributed by atoms with Crippen LogP contribution in [0.2, 0.25) is 0 Å². The molecule has 1 saturated carbocycles. The van der Waals surface area contributed by atoms with Gasteiger partial charge >= 0.3 is 5.69 Å². The van der Waals surface area contributed by atoms with Crippen LogP contribution in [0.15, 0.2) is 23.0 Å². The molecule has 2 aromatic rings. The van der Waals surface area contributed by atoms with Gasteiger partial charge < -0.3 is 20.2 Å². The average molecular weight is 274 g/mol. The van der Waals surface area contributed by atoms with Crippen molar-refractivity contribution in [3.05, 3.63) is 34.2 Å². The SMILES string of the molecule is CC(NCCN(C)C1CC1)c1ccc2[nH]c(=O)[nH]c2c1. The molecule has 1 aromatic carbocycles. The summed E-state index contributed by atoms with van der Waals surface area (Å²) in [5.41, 5.74) is 2.78. The maximum atomic E-state index is 11.3. The average Bonchev–Trinajstić information content (AvgIpc) is 3.19. The molecule has 1 unspecified atom stereocenters. The van der Waals surface area contributed by atoms with Gasteiger partial charge in [-0.25, -0.2) is 4.79 Å². The van der Waals surface area contributed by atoms with E-state index in [4.69, 9.17) is 0 Å². The topological polar surface area (TPSA) is 63.9 Å². The van der Waals surface area contributed by atoms with E-state index in [9.17, 15) is 4.79 Å². The number of hydrogen-bond acceptors (Lipinski definition) is 3. The van der Waals surface area contributed by atoms with E-state index in [0.29, 0.717) is 0 Å². The Hall–Kier alpha value is -1.59. The van der Waals surface area contributed by atoms with Crippen molar-refractivity contribution >= 4 is 11.0 Å². The maximum Gasteiger partial charge on any atom is 0.323 e. The van der Waals surface area contributed by atoms with Gasteiger partial charge in [0.1, 0.15) is 0 Å². The highest BCUT2D eigenvalue weighted by Gasteiger charge is 2.25. The van der Waals surface area contributed by atoms with Crippen LogP contribution in [0.25, 0.3) is 11.0 Å². The van der Waals surface area contributed by atoms with Gasteiger partial charge in [-0.2, -0.15) is 0 Å². The molecule has 0 saturated heterocycles. The lowest BCUT2D eigenvalue weighted by Crippen LogP contribution is -2.31. The van der Waals surface area contributed by atoms with E-state index >= 15 is 0 Å². The van der Waals surface area contributed by atoms with Gasteiger partial charge in [-0.3, -0.25) is 0 Å². The van der Waals surface area contributed by atoms with Crippen LogP contribution < -0.4 is 11.0 Å². The Morgan fingerprint density at radius 3 is 2.85 bits per heavy atom. The zero-order valence-electron chi connectivity index (χ0n) is 12.1. The summed E-state index contributed by atoms with van der Waals surface area (Å²) in [6.45, 7) is 4.22. The van der Waals surface area contributed by atoms with Crippen molar-refractivity contribution < 1.29 is 0 Å². The molecule has 0 amide bonds. The molecule has 108 valence electrons. The highest BCUT2D eigenvalue weighted by Crippen LogP contribution is 2.24. The second-order valence-electron chi connectivity index (χ2n) is 5.77. The number of likely N-dealkylation sites (N-methyl/N-ethyl adjacent to an activating group) is 1. The Balaban J connectivity index is 1.59. The molecule has 5 nitrogen and oxygen atoms in total. The van der Waals surface area contributed by atoms with Gasteiger partial charge in [0, 0.05) is 25.2 Å². The van der Waals surface area contributed by atoms with Crippen LogP contribution in [0.3, 0.4) is 0 Å². The standard InChI is InChI=1S/C15H22N4O/c1-10(16-7-8-19(2)12-4-5-12)11-3-6-13-14(9-11)18-15(20)17-13/h3,6,9-10,12,16H,4-5,7-8H2,1-2H3,(H2,17,18,20). The molecular weight excluding hydrogens is 252 g/mol. The van der Waals surface area contributed by atoms with E-state index < -0.39 is 0 Å². The Morgan fingerprint density at radius 2 is 2.10 bits per heavy atom. The van der Waals surface area contributed by atoms with Crippen molar-refractivity contribution in [1.29, 1.82) is 0 Å². The zero-order valence-corrected chi connectivity index (χ0v) is 12.1. The monoisotopic (exact) mass is 274 g/mol. The lowest BCUT2D eigenvalue weighted by molar-refractivity contribution is 0.316. The quantitative estimate of drug-likeness (QED) is 0.749. The van der Waals surface area contributed by atoms with E-state index in [1.807, 2.05) is 12.1 Å². The number of aromatic nitrogens is 2. The Kier molecular flexibility index (Phi) is 3.63. The smallest absolute Gasteiger partial charge is 0.309 e. The molecule has 1 aliphatic carbocycles. The molecule has 5 heteroatoms. The number of benzene rings is 1. The van der Waals surface area contributed by atoms with Crippen molar-refractivity contribution in [3.63, 3.8) is 0 Å². The Morgan fingerprint density at radius 1 is 1.35 bits per heavy atom. The molecule has 0 bridgehead atoms. The number of imidazole rings is 1. The fourth-order valence-electron chi connectivity index (χ4n) is 2.59. The van der Waals surface area contributed by atoms with E-state index in [2.05, 4.69) is 40.2 Å². The number of nitrogens with zero attached hydrogens (tertiary/aromatic N) is 1. The summed E-state index contributed by atoms with van der Waals surface area (Å²) in [7, 11) is 2.20. The number of fused-ring (bicyclic) bond motifs is 1. The second kappa shape index (κ2) is 5.42. The first-order valence-corrected chi connectivity index (χ1v) is 7.29. The Bertz CT molecular complexity index is 641. The third kappa shape index (κ3) is 2.94. The molecule has 3 N–H and O–H groups in total. The summed E-state index contributed by atoms with van der Waals surface area (Å²) in [6.07, 6.45) is 2.70. The number of hydrogen-bond donors (Lipinski definition) is 3. The molecule has 1 heterocycles. The van der Waals surface area contributed by atoms with E-state index in [1.165, 1.54) is 18.4 Å². The number of nitrogens with one attached hydrogen (secondary N) is 3. The molecule has 1 atom stereocenters.